The van der Waals surface area contributed by atoms with Crippen molar-refractivity contribution >= 4 is 21.5 Å². The summed E-state index contributed by atoms with van der Waals surface area (Å²) in [5.41, 5.74) is 2.16. The zero-order valence-electron chi connectivity index (χ0n) is 13.8. The van der Waals surface area contributed by atoms with Crippen molar-refractivity contribution in [1.82, 2.24) is 0 Å². The number of Topliss-reactive ketones (excluding diaryl/α,β-unsaturated/α-hetero) is 1. The van der Waals surface area contributed by atoms with Crippen molar-refractivity contribution in [1.29, 1.82) is 0 Å². The first-order valence-corrected chi connectivity index (χ1v) is 9.38. The smallest absolute Gasteiger partial charge is 0.236 e. The molecule has 2 aromatic carbocycles. The van der Waals surface area contributed by atoms with Gasteiger partial charge in [-0.25, -0.2) is 8.42 Å². The van der Waals surface area contributed by atoms with Crippen LogP contribution in [0.15, 0.2) is 48.5 Å². The van der Waals surface area contributed by atoms with Crippen LogP contribution in [0.25, 0.3) is 0 Å². The van der Waals surface area contributed by atoms with Gasteiger partial charge in [0, 0.05) is 11.3 Å². The quantitative estimate of drug-likeness (QED) is 0.744. The minimum Gasteiger partial charge on any atom is -0.492 e. The van der Waals surface area contributed by atoms with Crippen molar-refractivity contribution in [3.05, 3.63) is 59.7 Å². The molecule has 0 saturated carbocycles. The third-order valence-electron chi connectivity index (χ3n) is 3.52. The monoisotopic (exact) mass is 347 g/mol. The van der Waals surface area contributed by atoms with Gasteiger partial charge in [-0.3, -0.25) is 9.52 Å². The Kier molecular flexibility index (Phi) is 5.98. The van der Waals surface area contributed by atoms with Crippen molar-refractivity contribution in [3.8, 4) is 5.75 Å². The first-order valence-electron chi connectivity index (χ1n) is 7.73. The second kappa shape index (κ2) is 7.97. The Balaban J connectivity index is 1.87. The van der Waals surface area contributed by atoms with Gasteiger partial charge in [-0.15, -0.1) is 0 Å². The van der Waals surface area contributed by atoms with E-state index in [4.69, 9.17) is 4.74 Å². The van der Waals surface area contributed by atoms with Crippen LogP contribution in [0.3, 0.4) is 0 Å². The van der Waals surface area contributed by atoms with Gasteiger partial charge >= 0.3 is 0 Å². The van der Waals surface area contributed by atoms with E-state index >= 15 is 0 Å². The van der Waals surface area contributed by atoms with Gasteiger partial charge < -0.3 is 4.74 Å². The molecule has 0 bridgehead atoms. The van der Waals surface area contributed by atoms with Crippen molar-refractivity contribution in [2.45, 2.75) is 20.3 Å². The standard InChI is InChI=1S/C18H21NO4S/c1-3-15-4-10-18(11-5-15)23-12-13-24(21,22)19-17-8-6-16(7-9-17)14(2)20/h4-11,19H,3,12-13H2,1-2H3. The summed E-state index contributed by atoms with van der Waals surface area (Å²) in [6.45, 7) is 3.59. The lowest BCUT2D eigenvalue weighted by Crippen LogP contribution is -2.21. The Morgan fingerprint density at radius 1 is 1.04 bits per heavy atom. The highest BCUT2D eigenvalue weighted by molar-refractivity contribution is 7.92. The summed E-state index contributed by atoms with van der Waals surface area (Å²) in [7, 11) is -3.51. The van der Waals surface area contributed by atoms with E-state index in [1.807, 2.05) is 24.3 Å². The molecule has 0 unspecified atom stereocenters. The maximum Gasteiger partial charge on any atom is 0.236 e. The fraction of sp³-hybridized carbons (Fsp3) is 0.278. The van der Waals surface area contributed by atoms with E-state index in [0.717, 1.165) is 6.42 Å². The van der Waals surface area contributed by atoms with Crippen LogP contribution in [0.4, 0.5) is 5.69 Å². The van der Waals surface area contributed by atoms with Crippen LogP contribution >= 0.6 is 0 Å². The van der Waals surface area contributed by atoms with Crippen molar-refractivity contribution in [3.63, 3.8) is 0 Å². The minimum absolute atomic E-state index is 0.0618. The van der Waals surface area contributed by atoms with Gasteiger partial charge in [0.15, 0.2) is 5.78 Å². The molecule has 0 atom stereocenters. The van der Waals surface area contributed by atoms with Crippen molar-refractivity contribution in [2.24, 2.45) is 0 Å². The van der Waals surface area contributed by atoms with Crippen LogP contribution in [-0.4, -0.2) is 26.6 Å². The molecule has 0 aliphatic heterocycles. The van der Waals surface area contributed by atoms with E-state index in [0.29, 0.717) is 17.0 Å². The van der Waals surface area contributed by atoms with Gasteiger partial charge in [-0.05, 0) is 55.3 Å². The molecule has 0 aliphatic carbocycles. The van der Waals surface area contributed by atoms with Crippen LogP contribution in [0, 0.1) is 0 Å². The summed E-state index contributed by atoms with van der Waals surface area (Å²) in [5, 5.41) is 0. The molecule has 1 N–H and O–H groups in total. The number of sulfonamides is 1. The number of carbonyl (C=O) groups excluding carboxylic acids is 1. The fourth-order valence-electron chi connectivity index (χ4n) is 2.09. The van der Waals surface area contributed by atoms with Crippen molar-refractivity contribution in [2.75, 3.05) is 17.1 Å². The van der Waals surface area contributed by atoms with Crippen LogP contribution in [0.5, 0.6) is 5.75 Å². The molecule has 0 spiro atoms. The lowest BCUT2D eigenvalue weighted by atomic mass is 10.1. The highest BCUT2D eigenvalue weighted by atomic mass is 32.2. The summed E-state index contributed by atoms with van der Waals surface area (Å²) in [6.07, 6.45) is 0.945. The highest BCUT2D eigenvalue weighted by Crippen LogP contribution is 2.14. The zero-order chi connectivity index (χ0) is 17.6. The number of nitrogens with one attached hydrogen (secondary N) is 1. The summed E-state index contributed by atoms with van der Waals surface area (Å²) in [4.78, 5) is 11.2. The first kappa shape index (κ1) is 18.0. The molecule has 24 heavy (non-hydrogen) atoms. The van der Waals surface area contributed by atoms with Crippen LogP contribution < -0.4 is 9.46 Å². The number of ketones is 1. The van der Waals surface area contributed by atoms with Crippen molar-refractivity contribution < 1.29 is 17.9 Å². The van der Waals surface area contributed by atoms with Crippen LogP contribution in [0.2, 0.25) is 0 Å². The lowest BCUT2D eigenvalue weighted by Gasteiger charge is -2.10. The molecule has 6 heteroatoms. The summed E-state index contributed by atoms with van der Waals surface area (Å²) < 4.78 is 32.0. The Morgan fingerprint density at radius 3 is 2.21 bits per heavy atom. The van der Waals surface area contributed by atoms with Gasteiger partial charge in [0.2, 0.25) is 10.0 Å². The van der Waals surface area contributed by atoms with E-state index in [1.54, 1.807) is 24.3 Å². The summed E-state index contributed by atoms with van der Waals surface area (Å²) in [5.74, 6) is 0.428. The Hall–Kier alpha value is -2.34. The molecule has 2 aromatic rings. The maximum absolute atomic E-state index is 12.1. The second-order valence-electron chi connectivity index (χ2n) is 5.40. The SMILES string of the molecule is CCc1ccc(OCCS(=O)(=O)Nc2ccc(C(C)=O)cc2)cc1. The molecule has 0 aliphatic rings. The van der Waals surface area contributed by atoms with E-state index in [2.05, 4.69) is 11.6 Å². The Bertz CT molecular complexity index is 781. The average Bonchev–Trinajstić information content (AvgIpc) is 2.55. The number of hydrogen-bond acceptors (Lipinski definition) is 4. The van der Waals surface area contributed by atoms with E-state index in [9.17, 15) is 13.2 Å². The largest absolute Gasteiger partial charge is 0.492 e. The molecule has 0 aromatic heterocycles. The fourth-order valence-corrected chi connectivity index (χ4v) is 2.99. The number of carbonyl (C=O) groups is 1. The lowest BCUT2D eigenvalue weighted by molar-refractivity contribution is 0.101. The predicted molar refractivity (Wildman–Crippen MR) is 95.2 cm³/mol. The number of hydrogen-bond donors (Lipinski definition) is 1. The topological polar surface area (TPSA) is 72.5 Å². The van der Waals surface area contributed by atoms with E-state index in [-0.39, 0.29) is 18.1 Å². The number of rotatable bonds is 8. The molecule has 0 amide bonds. The average molecular weight is 347 g/mol. The van der Waals surface area contributed by atoms with Gasteiger partial charge in [-0.2, -0.15) is 0 Å². The molecular formula is C18H21NO4S. The molecule has 0 radical (unpaired) electrons. The Labute approximate surface area is 142 Å². The number of ether oxygens (including phenoxy) is 1. The van der Waals surface area contributed by atoms with Gasteiger partial charge in [-0.1, -0.05) is 19.1 Å². The van der Waals surface area contributed by atoms with Gasteiger partial charge in [0.1, 0.15) is 18.1 Å². The maximum atomic E-state index is 12.1. The zero-order valence-corrected chi connectivity index (χ0v) is 14.6. The summed E-state index contributed by atoms with van der Waals surface area (Å²) >= 11 is 0. The number of anilines is 1. The number of benzene rings is 2. The predicted octanol–water partition coefficient (Wildman–Crippen LogP) is 3.27. The molecule has 128 valence electrons. The van der Waals surface area contributed by atoms with Crippen LogP contribution in [0.1, 0.15) is 29.8 Å². The second-order valence-corrected chi connectivity index (χ2v) is 7.24. The molecule has 2 rings (SSSR count). The molecule has 5 nitrogen and oxygen atoms in total. The third-order valence-corrected chi connectivity index (χ3v) is 4.77. The number of aryl methyl sites for hydroxylation is 1. The molecular weight excluding hydrogens is 326 g/mol. The highest BCUT2D eigenvalue weighted by Gasteiger charge is 2.11. The normalized spacial score (nSPS) is 11.1. The van der Waals surface area contributed by atoms with Gasteiger partial charge in [0.25, 0.3) is 0 Å². The van der Waals surface area contributed by atoms with Gasteiger partial charge in [0.05, 0.1) is 0 Å². The molecule has 0 saturated heterocycles. The molecule has 0 fully saturated rings. The minimum atomic E-state index is -3.51. The van der Waals surface area contributed by atoms with E-state index in [1.165, 1.54) is 12.5 Å². The Morgan fingerprint density at radius 2 is 1.67 bits per heavy atom. The van der Waals surface area contributed by atoms with E-state index < -0.39 is 10.0 Å². The van der Waals surface area contributed by atoms with Crippen LogP contribution in [-0.2, 0) is 16.4 Å². The molecule has 0 heterocycles. The summed E-state index contributed by atoms with van der Waals surface area (Å²) in [6, 6.07) is 13.9. The first-order chi connectivity index (χ1) is 11.4. The third kappa shape index (κ3) is 5.38.